The van der Waals surface area contributed by atoms with Crippen molar-refractivity contribution in [3.8, 4) is 5.75 Å². The number of halogens is 1. The SMILES string of the molecule is COc1ccc(C(/C=N\O)=C(\Cl)c2ccccc2)cc1. The van der Waals surface area contributed by atoms with Crippen molar-refractivity contribution in [1.82, 2.24) is 0 Å². The molecule has 2 rings (SSSR count). The number of hydrogen-bond donors (Lipinski definition) is 1. The van der Waals surface area contributed by atoms with Crippen molar-refractivity contribution >= 4 is 28.4 Å². The van der Waals surface area contributed by atoms with E-state index in [9.17, 15) is 0 Å². The first-order chi connectivity index (χ1) is 9.76. The van der Waals surface area contributed by atoms with Crippen molar-refractivity contribution in [2.24, 2.45) is 5.16 Å². The van der Waals surface area contributed by atoms with E-state index in [-0.39, 0.29) is 0 Å². The quantitative estimate of drug-likeness (QED) is 0.395. The molecule has 2 aromatic carbocycles. The van der Waals surface area contributed by atoms with Crippen LogP contribution in [0.4, 0.5) is 0 Å². The lowest BCUT2D eigenvalue weighted by molar-refractivity contribution is 0.322. The Kier molecular flexibility index (Phi) is 4.80. The van der Waals surface area contributed by atoms with E-state index in [0.717, 1.165) is 16.9 Å². The topological polar surface area (TPSA) is 41.8 Å². The van der Waals surface area contributed by atoms with Gasteiger partial charge in [0, 0.05) is 5.57 Å². The minimum Gasteiger partial charge on any atom is -0.497 e. The number of ether oxygens (including phenoxy) is 1. The molecule has 0 atom stereocenters. The fourth-order valence-electron chi connectivity index (χ4n) is 1.83. The molecule has 0 spiro atoms. The molecule has 20 heavy (non-hydrogen) atoms. The minimum atomic E-state index is 0.522. The molecule has 1 N–H and O–H groups in total. The van der Waals surface area contributed by atoms with Crippen LogP contribution in [0.15, 0.2) is 59.8 Å². The lowest BCUT2D eigenvalue weighted by Crippen LogP contribution is -1.91. The van der Waals surface area contributed by atoms with Gasteiger partial charge in [-0.25, -0.2) is 0 Å². The Hall–Kier alpha value is -2.26. The second-order valence-electron chi connectivity index (χ2n) is 4.07. The molecule has 0 aliphatic rings. The molecule has 0 heterocycles. The first kappa shape index (κ1) is 14.2. The predicted molar refractivity (Wildman–Crippen MR) is 82.4 cm³/mol. The molecule has 102 valence electrons. The zero-order valence-electron chi connectivity index (χ0n) is 11.0. The van der Waals surface area contributed by atoms with E-state index in [0.29, 0.717) is 10.6 Å². The van der Waals surface area contributed by atoms with Gasteiger partial charge >= 0.3 is 0 Å². The van der Waals surface area contributed by atoms with Crippen molar-refractivity contribution < 1.29 is 9.94 Å². The third-order valence-electron chi connectivity index (χ3n) is 2.85. The van der Waals surface area contributed by atoms with Gasteiger partial charge in [0.05, 0.1) is 18.4 Å². The molecule has 3 nitrogen and oxygen atoms in total. The highest BCUT2D eigenvalue weighted by molar-refractivity contribution is 6.56. The highest BCUT2D eigenvalue weighted by atomic mass is 35.5. The maximum atomic E-state index is 8.85. The molecule has 0 aromatic heterocycles. The van der Waals surface area contributed by atoms with Crippen LogP contribution in [-0.4, -0.2) is 18.5 Å². The van der Waals surface area contributed by atoms with Crippen LogP contribution in [0.2, 0.25) is 0 Å². The van der Waals surface area contributed by atoms with Crippen LogP contribution in [0, 0.1) is 0 Å². The fraction of sp³-hybridized carbons (Fsp3) is 0.0625. The van der Waals surface area contributed by atoms with Gasteiger partial charge in [-0.2, -0.15) is 0 Å². The van der Waals surface area contributed by atoms with Gasteiger partial charge in [0.15, 0.2) is 0 Å². The van der Waals surface area contributed by atoms with E-state index in [1.165, 1.54) is 6.21 Å². The van der Waals surface area contributed by atoms with Gasteiger partial charge in [-0.05, 0) is 23.3 Å². The van der Waals surface area contributed by atoms with Crippen molar-refractivity contribution in [2.45, 2.75) is 0 Å². The zero-order chi connectivity index (χ0) is 14.4. The van der Waals surface area contributed by atoms with Crippen LogP contribution < -0.4 is 4.74 Å². The number of benzene rings is 2. The average Bonchev–Trinajstić information content (AvgIpc) is 2.53. The molecule has 0 unspecified atom stereocenters. The van der Waals surface area contributed by atoms with E-state index >= 15 is 0 Å². The van der Waals surface area contributed by atoms with Gasteiger partial charge in [0.1, 0.15) is 5.75 Å². The second-order valence-corrected chi connectivity index (χ2v) is 4.44. The first-order valence-electron chi connectivity index (χ1n) is 6.03. The van der Waals surface area contributed by atoms with Crippen molar-refractivity contribution in [3.63, 3.8) is 0 Å². The Labute approximate surface area is 122 Å². The second kappa shape index (κ2) is 6.78. The Morgan fingerprint density at radius 3 is 2.25 bits per heavy atom. The molecular weight excluding hydrogens is 274 g/mol. The normalized spacial score (nSPS) is 12.3. The third-order valence-corrected chi connectivity index (χ3v) is 3.27. The fourth-order valence-corrected chi connectivity index (χ4v) is 2.11. The molecule has 0 aliphatic carbocycles. The van der Waals surface area contributed by atoms with Gasteiger partial charge in [-0.1, -0.05) is 59.2 Å². The maximum Gasteiger partial charge on any atom is 0.118 e. The highest BCUT2D eigenvalue weighted by Gasteiger charge is 2.08. The van der Waals surface area contributed by atoms with E-state index in [4.69, 9.17) is 21.5 Å². The Morgan fingerprint density at radius 2 is 1.70 bits per heavy atom. The van der Waals surface area contributed by atoms with Crippen LogP contribution in [0.25, 0.3) is 10.6 Å². The van der Waals surface area contributed by atoms with Gasteiger partial charge in [0.2, 0.25) is 0 Å². The largest absolute Gasteiger partial charge is 0.497 e. The van der Waals surface area contributed by atoms with Crippen molar-refractivity contribution in [2.75, 3.05) is 7.11 Å². The first-order valence-corrected chi connectivity index (χ1v) is 6.41. The van der Waals surface area contributed by atoms with Gasteiger partial charge in [-0.15, -0.1) is 0 Å². The summed E-state index contributed by atoms with van der Waals surface area (Å²) in [6.45, 7) is 0. The number of methoxy groups -OCH3 is 1. The Balaban J connectivity index is 2.49. The Bertz CT molecular complexity index is 619. The summed E-state index contributed by atoms with van der Waals surface area (Å²) in [4.78, 5) is 0. The van der Waals surface area contributed by atoms with E-state index in [1.54, 1.807) is 7.11 Å². The maximum absolute atomic E-state index is 8.85. The summed E-state index contributed by atoms with van der Waals surface area (Å²) in [7, 11) is 1.61. The minimum absolute atomic E-state index is 0.522. The number of oxime groups is 1. The van der Waals surface area contributed by atoms with Crippen LogP contribution in [-0.2, 0) is 0 Å². The van der Waals surface area contributed by atoms with Crippen LogP contribution in [0.3, 0.4) is 0 Å². The smallest absolute Gasteiger partial charge is 0.118 e. The number of hydrogen-bond acceptors (Lipinski definition) is 3. The molecule has 0 saturated carbocycles. The lowest BCUT2D eigenvalue weighted by atomic mass is 10.0. The molecule has 0 fully saturated rings. The summed E-state index contributed by atoms with van der Waals surface area (Å²) in [5.74, 6) is 0.755. The summed E-state index contributed by atoms with van der Waals surface area (Å²) < 4.78 is 5.12. The van der Waals surface area contributed by atoms with Crippen molar-refractivity contribution in [3.05, 3.63) is 65.7 Å². The molecule has 0 aliphatic heterocycles. The van der Waals surface area contributed by atoms with Crippen LogP contribution >= 0.6 is 11.6 Å². The number of rotatable bonds is 4. The lowest BCUT2D eigenvalue weighted by Gasteiger charge is -2.08. The predicted octanol–water partition coefficient (Wildman–Crippen LogP) is 4.26. The van der Waals surface area contributed by atoms with Crippen LogP contribution in [0.5, 0.6) is 5.75 Å². The van der Waals surface area contributed by atoms with Gasteiger partial charge < -0.3 is 9.94 Å². The van der Waals surface area contributed by atoms with E-state index in [2.05, 4.69) is 5.16 Å². The summed E-state index contributed by atoms with van der Waals surface area (Å²) in [5, 5.41) is 12.5. The summed E-state index contributed by atoms with van der Waals surface area (Å²) in [6.07, 6.45) is 1.33. The highest BCUT2D eigenvalue weighted by Crippen LogP contribution is 2.29. The summed E-state index contributed by atoms with van der Waals surface area (Å²) in [6, 6.07) is 16.9. The molecule has 2 aromatic rings. The zero-order valence-corrected chi connectivity index (χ0v) is 11.7. The van der Waals surface area contributed by atoms with Gasteiger partial charge in [0.25, 0.3) is 0 Å². The monoisotopic (exact) mass is 287 g/mol. The molecular formula is C16H14ClNO2. The standard InChI is InChI=1S/C16H14ClNO2/c1-20-14-9-7-12(8-10-14)15(11-18-19)16(17)13-5-3-2-4-6-13/h2-11,19H,1H3/b16-15-,18-11-. The Morgan fingerprint density at radius 1 is 1.05 bits per heavy atom. The molecule has 0 radical (unpaired) electrons. The van der Waals surface area contributed by atoms with Gasteiger partial charge in [-0.3, -0.25) is 0 Å². The summed E-state index contributed by atoms with van der Waals surface area (Å²) >= 11 is 6.41. The summed E-state index contributed by atoms with van der Waals surface area (Å²) in [5.41, 5.74) is 2.35. The van der Waals surface area contributed by atoms with E-state index < -0.39 is 0 Å². The third kappa shape index (κ3) is 3.19. The van der Waals surface area contributed by atoms with Crippen molar-refractivity contribution in [1.29, 1.82) is 0 Å². The molecule has 0 amide bonds. The number of allylic oxidation sites excluding steroid dienone is 1. The molecule has 0 saturated heterocycles. The number of nitrogens with zero attached hydrogens (tertiary/aromatic N) is 1. The van der Waals surface area contributed by atoms with Crippen LogP contribution in [0.1, 0.15) is 11.1 Å². The molecule has 4 heteroatoms. The average molecular weight is 288 g/mol. The van der Waals surface area contributed by atoms with E-state index in [1.807, 2.05) is 54.6 Å². The molecule has 0 bridgehead atoms.